The van der Waals surface area contributed by atoms with Gasteiger partial charge in [-0.05, 0) is 49.6 Å². The molecule has 2 aromatic rings. The van der Waals surface area contributed by atoms with E-state index in [9.17, 15) is 13.2 Å². The van der Waals surface area contributed by atoms with E-state index < -0.39 is 16.1 Å². The number of anilines is 1. The Bertz CT molecular complexity index is 884. The SMILES string of the molecule is Cc1c(Cl)cccc1NC(=O)C1CCCN1S(=O)(=O)c1ccccc1. The molecule has 1 heterocycles. The van der Waals surface area contributed by atoms with Gasteiger partial charge in [-0.2, -0.15) is 4.31 Å². The van der Waals surface area contributed by atoms with Crippen LogP contribution < -0.4 is 5.32 Å². The monoisotopic (exact) mass is 378 g/mol. The quantitative estimate of drug-likeness (QED) is 0.886. The molecule has 1 atom stereocenters. The van der Waals surface area contributed by atoms with Gasteiger partial charge < -0.3 is 5.32 Å². The average Bonchev–Trinajstić information content (AvgIpc) is 3.10. The van der Waals surface area contributed by atoms with Gasteiger partial charge >= 0.3 is 0 Å². The highest BCUT2D eigenvalue weighted by Crippen LogP contribution is 2.28. The molecule has 2 aromatic carbocycles. The molecule has 25 heavy (non-hydrogen) atoms. The van der Waals surface area contributed by atoms with E-state index in [-0.39, 0.29) is 10.8 Å². The Morgan fingerprint density at radius 2 is 1.88 bits per heavy atom. The van der Waals surface area contributed by atoms with E-state index in [1.165, 1.54) is 4.31 Å². The molecule has 0 saturated carbocycles. The molecule has 0 aromatic heterocycles. The summed E-state index contributed by atoms with van der Waals surface area (Å²) in [5.74, 6) is -0.331. The van der Waals surface area contributed by atoms with Crippen molar-refractivity contribution in [3.63, 3.8) is 0 Å². The van der Waals surface area contributed by atoms with Gasteiger partial charge in [-0.3, -0.25) is 4.79 Å². The number of nitrogens with one attached hydrogen (secondary N) is 1. The minimum absolute atomic E-state index is 0.202. The molecule has 1 N–H and O–H groups in total. The van der Waals surface area contributed by atoms with Crippen LogP contribution in [0.2, 0.25) is 5.02 Å². The van der Waals surface area contributed by atoms with Crippen molar-refractivity contribution in [2.45, 2.75) is 30.7 Å². The molecule has 1 aliphatic rings. The van der Waals surface area contributed by atoms with Crippen LogP contribution in [0.5, 0.6) is 0 Å². The predicted molar refractivity (Wildman–Crippen MR) is 98.2 cm³/mol. The Hall–Kier alpha value is -1.89. The third-order valence-electron chi connectivity index (χ3n) is 4.38. The maximum absolute atomic E-state index is 12.8. The topological polar surface area (TPSA) is 66.5 Å². The highest BCUT2D eigenvalue weighted by molar-refractivity contribution is 7.89. The summed E-state index contributed by atoms with van der Waals surface area (Å²) in [6, 6.07) is 12.7. The molecular weight excluding hydrogens is 360 g/mol. The second-order valence-electron chi connectivity index (χ2n) is 5.99. The van der Waals surface area contributed by atoms with E-state index in [1.54, 1.807) is 48.5 Å². The Kier molecular flexibility index (Phi) is 5.13. The van der Waals surface area contributed by atoms with Gasteiger partial charge in [0.2, 0.25) is 15.9 Å². The average molecular weight is 379 g/mol. The second kappa shape index (κ2) is 7.15. The number of hydrogen-bond acceptors (Lipinski definition) is 3. The Morgan fingerprint density at radius 3 is 2.60 bits per heavy atom. The van der Waals surface area contributed by atoms with E-state index in [1.807, 2.05) is 6.92 Å². The largest absolute Gasteiger partial charge is 0.324 e. The van der Waals surface area contributed by atoms with Crippen molar-refractivity contribution in [3.8, 4) is 0 Å². The van der Waals surface area contributed by atoms with Crippen LogP contribution in [0.4, 0.5) is 5.69 Å². The molecule has 7 heteroatoms. The van der Waals surface area contributed by atoms with Crippen molar-refractivity contribution in [1.29, 1.82) is 0 Å². The minimum atomic E-state index is -3.70. The van der Waals surface area contributed by atoms with Crippen molar-refractivity contribution in [2.24, 2.45) is 0 Å². The number of amides is 1. The molecule has 1 amide bonds. The normalized spacial score (nSPS) is 18.2. The number of carbonyl (C=O) groups is 1. The molecule has 1 saturated heterocycles. The minimum Gasteiger partial charge on any atom is -0.324 e. The number of nitrogens with zero attached hydrogens (tertiary/aromatic N) is 1. The molecule has 3 rings (SSSR count). The van der Waals surface area contributed by atoms with Gasteiger partial charge in [0.25, 0.3) is 0 Å². The molecule has 0 bridgehead atoms. The van der Waals surface area contributed by atoms with E-state index in [0.29, 0.717) is 30.1 Å². The molecule has 5 nitrogen and oxygen atoms in total. The van der Waals surface area contributed by atoms with Crippen molar-refractivity contribution < 1.29 is 13.2 Å². The Labute approximate surface area is 152 Å². The van der Waals surface area contributed by atoms with Crippen molar-refractivity contribution in [1.82, 2.24) is 4.31 Å². The first-order chi connectivity index (χ1) is 11.9. The fourth-order valence-corrected chi connectivity index (χ4v) is 4.83. The Balaban J connectivity index is 1.84. The molecule has 0 aliphatic carbocycles. The lowest BCUT2D eigenvalue weighted by Gasteiger charge is -2.23. The van der Waals surface area contributed by atoms with Gasteiger partial charge in [-0.25, -0.2) is 8.42 Å². The van der Waals surface area contributed by atoms with Crippen LogP contribution in [0.25, 0.3) is 0 Å². The molecule has 1 unspecified atom stereocenters. The smallest absolute Gasteiger partial charge is 0.243 e. The Morgan fingerprint density at radius 1 is 1.16 bits per heavy atom. The summed E-state index contributed by atoms with van der Waals surface area (Å²) in [5, 5.41) is 3.37. The number of rotatable bonds is 4. The third-order valence-corrected chi connectivity index (χ3v) is 6.71. The first-order valence-corrected chi connectivity index (χ1v) is 9.86. The molecule has 1 fully saturated rings. The first kappa shape index (κ1) is 17.9. The first-order valence-electron chi connectivity index (χ1n) is 8.04. The van der Waals surface area contributed by atoms with Crippen molar-refractivity contribution >= 4 is 33.2 Å². The van der Waals surface area contributed by atoms with Crippen LogP contribution in [0, 0.1) is 6.92 Å². The number of halogens is 1. The lowest BCUT2D eigenvalue weighted by Crippen LogP contribution is -2.43. The van der Waals surface area contributed by atoms with Crippen molar-refractivity contribution in [2.75, 3.05) is 11.9 Å². The highest BCUT2D eigenvalue weighted by Gasteiger charge is 2.39. The van der Waals surface area contributed by atoms with Gasteiger partial charge in [0.05, 0.1) is 4.90 Å². The number of sulfonamides is 1. The summed E-state index contributed by atoms with van der Waals surface area (Å²) in [4.78, 5) is 12.9. The molecule has 0 radical (unpaired) electrons. The molecular formula is C18H19ClN2O3S. The van der Waals surface area contributed by atoms with E-state index in [2.05, 4.69) is 5.32 Å². The molecule has 132 valence electrons. The fraction of sp³-hybridized carbons (Fsp3) is 0.278. The van der Waals surface area contributed by atoms with Crippen LogP contribution >= 0.6 is 11.6 Å². The highest BCUT2D eigenvalue weighted by atomic mass is 35.5. The second-order valence-corrected chi connectivity index (χ2v) is 8.29. The lowest BCUT2D eigenvalue weighted by molar-refractivity contribution is -0.119. The lowest BCUT2D eigenvalue weighted by atomic mass is 10.1. The van der Waals surface area contributed by atoms with Crippen LogP contribution in [-0.4, -0.2) is 31.2 Å². The van der Waals surface area contributed by atoms with Crippen LogP contribution in [-0.2, 0) is 14.8 Å². The summed E-state index contributed by atoms with van der Waals surface area (Å²) in [6.07, 6.45) is 1.15. The van der Waals surface area contributed by atoms with Crippen molar-refractivity contribution in [3.05, 3.63) is 59.1 Å². The zero-order valence-electron chi connectivity index (χ0n) is 13.8. The van der Waals surface area contributed by atoms with E-state index in [0.717, 1.165) is 5.56 Å². The summed E-state index contributed by atoms with van der Waals surface area (Å²) in [6.45, 7) is 2.15. The third kappa shape index (κ3) is 3.56. The summed E-state index contributed by atoms with van der Waals surface area (Å²) >= 11 is 6.08. The molecule has 0 spiro atoms. The van der Waals surface area contributed by atoms with E-state index in [4.69, 9.17) is 11.6 Å². The van der Waals surface area contributed by atoms with Gasteiger partial charge in [-0.15, -0.1) is 0 Å². The maximum Gasteiger partial charge on any atom is 0.243 e. The number of benzene rings is 2. The zero-order chi connectivity index (χ0) is 18.0. The van der Waals surface area contributed by atoms with Crippen LogP contribution in [0.3, 0.4) is 0 Å². The zero-order valence-corrected chi connectivity index (χ0v) is 15.3. The predicted octanol–water partition coefficient (Wildman–Crippen LogP) is 3.44. The number of carbonyl (C=O) groups excluding carboxylic acids is 1. The fourth-order valence-electron chi connectivity index (χ4n) is 2.98. The summed E-state index contributed by atoms with van der Waals surface area (Å²) < 4.78 is 27.0. The van der Waals surface area contributed by atoms with Gasteiger partial charge in [0, 0.05) is 17.3 Å². The van der Waals surface area contributed by atoms with Gasteiger partial charge in [0.15, 0.2) is 0 Å². The van der Waals surface area contributed by atoms with Crippen LogP contribution in [0.15, 0.2) is 53.4 Å². The number of hydrogen-bond donors (Lipinski definition) is 1. The molecule has 1 aliphatic heterocycles. The van der Waals surface area contributed by atoms with Gasteiger partial charge in [0.1, 0.15) is 6.04 Å². The maximum atomic E-state index is 12.8. The van der Waals surface area contributed by atoms with E-state index >= 15 is 0 Å². The standard InChI is InChI=1S/C18H19ClN2O3S/c1-13-15(19)9-5-10-16(13)20-18(22)17-11-6-12-21(17)25(23,24)14-7-3-2-4-8-14/h2-5,7-10,17H,6,11-12H2,1H3,(H,20,22). The van der Waals surface area contributed by atoms with Gasteiger partial charge in [-0.1, -0.05) is 35.9 Å². The van der Waals surface area contributed by atoms with Crippen LogP contribution in [0.1, 0.15) is 18.4 Å². The summed E-state index contributed by atoms with van der Waals surface area (Å²) in [5.41, 5.74) is 1.36. The summed E-state index contributed by atoms with van der Waals surface area (Å²) in [7, 11) is -3.70.